The minimum Gasteiger partial charge on any atom is -0.481 e. The highest BCUT2D eigenvalue weighted by Gasteiger charge is 2.23. The van der Waals surface area contributed by atoms with E-state index in [4.69, 9.17) is 29.2 Å². The van der Waals surface area contributed by atoms with Crippen LogP contribution in [0.2, 0.25) is 0 Å². The highest BCUT2D eigenvalue weighted by atomic mass is 16.7. The molecule has 14 nitrogen and oxygen atoms in total. The third-order valence-corrected chi connectivity index (χ3v) is 10.2. The molecule has 4 unspecified atom stereocenters. The van der Waals surface area contributed by atoms with E-state index in [-0.39, 0.29) is 58.2 Å². The lowest BCUT2D eigenvalue weighted by Gasteiger charge is -2.22. The largest absolute Gasteiger partial charge is 0.481 e. The third kappa shape index (κ3) is 37.7. The molecule has 0 spiro atoms. The van der Waals surface area contributed by atoms with Crippen LogP contribution in [0, 0.1) is 0 Å². The lowest BCUT2D eigenvalue weighted by Crippen LogP contribution is -2.31. The van der Waals surface area contributed by atoms with Gasteiger partial charge >= 0.3 is 35.8 Å². The molecule has 0 bridgehead atoms. The molecule has 0 saturated heterocycles. The van der Waals surface area contributed by atoms with Crippen LogP contribution in [0.25, 0.3) is 0 Å². The average molecular weight is 869 g/mol. The first-order valence-electron chi connectivity index (χ1n) is 23.2. The van der Waals surface area contributed by atoms with E-state index in [0.29, 0.717) is 38.5 Å². The van der Waals surface area contributed by atoms with Gasteiger partial charge in [-0.2, -0.15) is 0 Å². The molecule has 0 fully saturated rings. The Hall–Kier alpha value is -3.78. The van der Waals surface area contributed by atoms with Gasteiger partial charge in [0.15, 0.2) is 0 Å². The van der Waals surface area contributed by atoms with Gasteiger partial charge < -0.3 is 39.4 Å². The minimum atomic E-state index is -0.956. The monoisotopic (exact) mass is 869 g/mol. The summed E-state index contributed by atoms with van der Waals surface area (Å²) in [5, 5.41) is 38.8. The number of allylic oxidation sites excluding steroid dienone is 2. The van der Waals surface area contributed by atoms with E-state index in [1.54, 1.807) is 0 Å². The summed E-state index contributed by atoms with van der Waals surface area (Å²) in [4.78, 5) is 69.7. The van der Waals surface area contributed by atoms with Crippen molar-refractivity contribution in [1.82, 2.24) is 0 Å². The van der Waals surface area contributed by atoms with Crippen LogP contribution < -0.4 is 0 Å². The molecule has 14 heteroatoms. The van der Waals surface area contributed by atoms with Crippen LogP contribution in [0.4, 0.5) is 0 Å². The van der Waals surface area contributed by atoms with Gasteiger partial charge in [0.25, 0.3) is 0 Å². The van der Waals surface area contributed by atoms with Crippen molar-refractivity contribution >= 4 is 35.8 Å². The Kier molecular flexibility index (Phi) is 37.8. The van der Waals surface area contributed by atoms with Gasteiger partial charge in [0.05, 0.1) is 12.2 Å². The summed E-state index contributed by atoms with van der Waals surface area (Å²) in [5.41, 5.74) is 0. The molecule has 0 saturated carbocycles. The third-order valence-electron chi connectivity index (χ3n) is 10.2. The Bertz CT molecular complexity index is 1140. The van der Waals surface area contributed by atoms with Crippen LogP contribution in [0.1, 0.15) is 206 Å². The van der Waals surface area contributed by atoms with Crippen LogP contribution in [0.3, 0.4) is 0 Å². The van der Waals surface area contributed by atoms with Crippen molar-refractivity contribution in [2.45, 2.75) is 231 Å². The average Bonchev–Trinajstić information content (AvgIpc) is 3.21. The van der Waals surface area contributed by atoms with Gasteiger partial charge in [-0.15, -0.1) is 0 Å². The number of hydrogen-bond acceptors (Lipinski definition) is 12. The summed E-state index contributed by atoms with van der Waals surface area (Å²) in [6, 6.07) is 0. The van der Waals surface area contributed by atoms with Gasteiger partial charge in [0.2, 0.25) is 6.79 Å². The molecule has 4 N–H and O–H groups in total. The van der Waals surface area contributed by atoms with Crippen LogP contribution >= 0.6 is 0 Å². The fourth-order valence-electron chi connectivity index (χ4n) is 6.51. The molecule has 0 aliphatic carbocycles. The Morgan fingerprint density at radius 1 is 0.426 bits per heavy atom. The highest BCUT2D eigenvalue weighted by Crippen LogP contribution is 2.18. The summed E-state index contributed by atoms with van der Waals surface area (Å²) in [6.07, 6.45) is 24.1. The minimum absolute atomic E-state index is 0.0186. The van der Waals surface area contributed by atoms with E-state index in [1.807, 2.05) is 24.3 Å². The number of ether oxygens (including phenoxy) is 4. The van der Waals surface area contributed by atoms with Crippen molar-refractivity contribution < 1.29 is 68.1 Å². The van der Waals surface area contributed by atoms with Gasteiger partial charge in [-0.3, -0.25) is 28.8 Å². The van der Waals surface area contributed by atoms with Crippen molar-refractivity contribution in [1.29, 1.82) is 0 Å². The number of carbonyl (C=O) groups is 6. The molecule has 0 rings (SSSR count). The highest BCUT2D eigenvalue weighted by molar-refractivity contribution is 5.72. The summed E-state index contributed by atoms with van der Waals surface area (Å²) in [5.74, 6) is -3.65. The molecule has 0 aliphatic heterocycles. The number of hydrogen-bond donors (Lipinski definition) is 4. The molecule has 0 aromatic carbocycles. The standard InChI is InChI=1S/C47H80O14/c1-3-5-19-29-40(60-46(56)35-25-31-42(50)51)38(48)27-21-15-11-7-9-13-17-23-33-44(54)58-37-59-45(55)34-24-18-14-10-8-12-16-22-28-39(49)41(30-20-6-4-2)61-47(57)36-26-32-43(52)53/h15-16,21-22,38-41,48-49H,3-14,17-20,23-37H2,1-2H3,(H,50,51)(H,52,53)/b21-15-,22-16-. The molecule has 0 aromatic rings. The Morgan fingerprint density at radius 3 is 1.16 bits per heavy atom. The Balaban J connectivity index is 3.97. The summed E-state index contributed by atoms with van der Waals surface area (Å²) in [7, 11) is 0. The number of carbonyl (C=O) groups excluding carboxylic acids is 4. The quantitative estimate of drug-likeness (QED) is 0.0148. The fourth-order valence-corrected chi connectivity index (χ4v) is 6.51. The predicted molar refractivity (Wildman–Crippen MR) is 232 cm³/mol. The van der Waals surface area contributed by atoms with E-state index in [9.17, 15) is 39.0 Å². The summed E-state index contributed by atoms with van der Waals surface area (Å²) < 4.78 is 21.1. The van der Waals surface area contributed by atoms with Crippen molar-refractivity contribution in [2.24, 2.45) is 0 Å². The molecule has 0 radical (unpaired) electrons. The maximum Gasteiger partial charge on any atom is 0.308 e. The molecule has 352 valence electrons. The van der Waals surface area contributed by atoms with Crippen molar-refractivity contribution in [2.75, 3.05) is 6.79 Å². The zero-order valence-corrected chi connectivity index (χ0v) is 37.4. The lowest BCUT2D eigenvalue weighted by molar-refractivity contribution is -0.167. The molecular weight excluding hydrogens is 789 g/mol. The van der Waals surface area contributed by atoms with E-state index in [1.165, 1.54) is 0 Å². The van der Waals surface area contributed by atoms with Gasteiger partial charge in [0, 0.05) is 38.5 Å². The number of aliphatic hydroxyl groups excluding tert-OH is 2. The normalized spacial score (nSPS) is 13.4. The lowest BCUT2D eigenvalue weighted by atomic mass is 10.0. The number of rotatable bonds is 42. The maximum absolute atomic E-state index is 12.2. The smallest absolute Gasteiger partial charge is 0.308 e. The van der Waals surface area contributed by atoms with Gasteiger partial charge in [-0.05, 0) is 89.9 Å². The zero-order valence-electron chi connectivity index (χ0n) is 37.4. The number of unbranched alkanes of at least 4 members (excludes halogenated alkanes) is 14. The second kappa shape index (κ2) is 40.3. The maximum atomic E-state index is 12.2. The van der Waals surface area contributed by atoms with E-state index < -0.39 is 60.2 Å². The predicted octanol–water partition coefficient (Wildman–Crippen LogP) is 9.60. The summed E-state index contributed by atoms with van der Waals surface area (Å²) in [6.45, 7) is 3.78. The van der Waals surface area contributed by atoms with Crippen LogP contribution in [0.15, 0.2) is 24.3 Å². The molecule has 0 aliphatic rings. The first-order valence-corrected chi connectivity index (χ1v) is 23.2. The molecule has 61 heavy (non-hydrogen) atoms. The van der Waals surface area contributed by atoms with Gasteiger partial charge in [-0.1, -0.05) is 102 Å². The molecule has 0 amide bonds. The second-order valence-electron chi connectivity index (χ2n) is 15.9. The Morgan fingerprint density at radius 2 is 0.787 bits per heavy atom. The van der Waals surface area contributed by atoms with Gasteiger partial charge in [-0.25, -0.2) is 0 Å². The van der Waals surface area contributed by atoms with Crippen molar-refractivity contribution in [3.63, 3.8) is 0 Å². The molecule has 0 aromatic heterocycles. The van der Waals surface area contributed by atoms with Crippen LogP contribution in [0.5, 0.6) is 0 Å². The number of carboxylic acid groups (broad SMARTS) is 2. The Labute approximate surface area is 365 Å². The van der Waals surface area contributed by atoms with Crippen molar-refractivity contribution in [3.8, 4) is 0 Å². The number of esters is 4. The SMILES string of the molecule is CCCCCC(OC(=O)CCCC(=O)O)C(O)C/C=C\CCCCCCCC(=O)OCOC(=O)CCCCCCC/C=C\CC(O)C(CCCCC)OC(=O)CCCC(=O)O. The number of aliphatic hydroxyl groups is 2. The zero-order chi connectivity index (χ0) is 45.4. The van der Waals surface area contributed by atoms with E-state index >= 15 is 0 Å². The molecule has 4 atom stereocenters. The number of aliphatic carboxylic acids is 2. The molecular formula is C47H80O14. The van der Waals surface area contributed by atoms with E-state index in [0.717, 1.165) is 103 Å². The molecule has 0 heterocycles. The second-order valence-corrected chi connectivity index (χ2v) is 15.9. The summed E-state index contributed by atoms with van der Waals surface area (Å²) >= 11 is 0. The first-order chi connectivity index (χ1) is 29.4. The van der Waals surface area contributed by atoms with Crippen LogP contribution in [-0.4, -0.2) is 87.5 Å². The topological polar surface area (TPSA) is 220 Å². The van der Waals surface area contributed by atoms with Crippen molar-refractivity contribution in [3.05, 3.63) is 24.3 Å². The van der Waals surface area contributed by atoms with Gasteiger partial charge in [0.1, 0.15) is 12.2 Å². The van der Waals surface area contributed by atoms with E-state index in [2.05, 4.69) is 13.8 Å². The fraction of sp³-hybridized carbons (Fsp3) is 0.787. The first kappa shape index (κ1) is 57.2. The number of carboxylic acids is 2. The van der Waals surface area contributed by atoms with Crippen LogP contribution in [-0.2, 0) is 47.7 Å².